The number of ether oxygens (including phenoxy) is 1. The number of aryl methyl sites for hydroxylation is 1. The Labute approximate surface area is 149 Å². The summed E-state index contributed by atoms with van der Waals surface area (Å²) < 4.78 is 5.09. The van der Waals surface area contributed by atoms with Gasteiger partial charge in [0.25, 0.3) is 5.56 Å². The first kappa shape index (κ1) is 19.2. The maximum Gasteiger partial charge on any atom is 0.325 e. The van der Waals surface area contributed by atoms with Crippen molar-refractivity contribution in [2.45, 2.75) is 19.4 Å². The minimum Gasteiger partial charge on any atom is -0.497 e. The lowest BCUT2D eigenvalue weighted by Crippen LogP contribution is -2.38. The van der Waals surface area contributed by atoms with Crippen molar-refractivity contribution in [3.05, 3.63) is 68.0 Å². The van der Waals surface area contributed by atoms with E-state index in [9.17, 15) is 19.5 Å². The van der Waals surface area contributed by atoms with Crippen molar-refractivity contribution < 1.29 is 14.6 Å². The van der Waals surface area contributed by atoms with E-state index >= 15 is 0 Å². The summed E-state index contributed by atoms with van der Waals surface area (Å²) in [6.45, 7) is 1.33. The van der Waals surface area contributed by atoms with Crippen molar-refractivity contribution in [1.29, 1.82) is 0 Å². The van der Waals surface area contributed by atoms with Gasteiger partial charge in [0.1, 0.15) is 5.75 Å². The molecular formula is C18H21N3O5. The first-order chi connectivity index (χ1) is 12.4. The van der Waals surface area contributed by atoms with Gasteiger partial charge in [0.2, 0.25) is 5.91 Å². The molecule has 138 valence electrons. The lowest BCUT2D eigenvalue weighted by atomic mass is 10.1. The Morgan fingerprint density at radius 2 is 1.96 bits per heavy atom. The SMILES string of the molecule is COc1ccc(CC(CO)NC(=O)/C=C/c2c(C)[nH]c(=O)[nH]c2=O)cc1. The molecule has 0 saturated heterocycles. The van der Waals surface area contributed by atoms with Gasteiger partial charge in [-0.25, -0.2) is 4.79 Å². The van der Waals surface area contributed by atoms with Crippen LogP contribution in [0.5, 0.6) is 5.75 Å². The summed E-state index contributed by atoms with van der Waals surface area (Å²) in [4.78, 5) is 39.5. The minimum atomic E-state index is -0.603. The second-order valence-electron chi connectivity index (χ2n) is 5.72. The Kier molecular flexibility index (Phi) is 6.51. The number of hydrogen-bond donors (Lipinski definition) is 4. The van der Waals surface area contributed by atoms with E-state index in [2.05, 4.69) is 15.3 Å². The molecule has 1 atom stereocenters. The molecule has 0 aliphatic carbocycles. The van der Waals surface area contributed by atoms with Crippen molar-refractivity contribution in [1.82, 2.24) is 15.3 Å². The Hall–Kier alpha value is -3.13. The summed E-state index contributed by atoms with van der Waals surface area (Å²) in [6, 6.07) is 6.84. The van der Waals surface area contributed by atoms with Crippen molar-refractivity contribution in [3.63, 3.8) is 0 Å². The standard InChI is InChI=1S/C18H21N3O5/c1-11-15(17(24)21-18(25)19-11)7-8-16(23)20-13(10-22)9-12-3-5-14(26-2)6-4-12/h3-8,13,22H,9-10H2,1-2H3,(H,20,23)(H2,19,21,24,25)/b8-7+. The molecule has 0 fully saturated rings. The van der Waals surface area contributed by atoms with E-state index in [1.807, 2.05) is 12.1 Å². The summed E-state index contributed by atoms with van der Waals surface area (Å²) in [6.07, 6.45) is 2.95. The molecule has 0 radical (unpaired) electrons. The van der Waals surface area contributed by atoms with Crippen LogP contribution in [-0.2, 0) is 11.2 Å². The maximum absolute atomic E-state index is 12.1. The second-order valence-corrected chi connectivity index (χ2v) is 5.72. The van der Waals surface area contributed by atoms with E-state index in [-0.39, 0.29) is 12.2 Å². The van der Waals surface area contributed by atoms with Crippen molar-refractivity contribution in [2.24, 2.45) is 0 Å². The summed E-state index contributed by atoms with van der Waals surface area (Å²) in [5, 5.41) is 12.2. The number of aromatic nitrogens is 2. The zero-order chi connectivity index (χ0) is 19.1. The molecule has 8 nitrogen and oxygen atoms in total. The number of nitrogens with one attached hydrogen (secondary N) is 3. The molecule has 0 spiro atoms. The lowest BCUT2D eigenvalue weighted by molar-refractivity contribution is -0.117. The predicted octanol–water partition coefficient (Wildman–Crippen LogP) is 0.113. The van der Waals surface area contributed by atoms with Gasteiger partial charge in [0.05, 0.1) is 25.3 Å². The van der Waals surface area contributed by atoms with E-state index in [4.69, 9.17) is 4.74 Å². The number of aromatic amines is 2. The zero-order valence-electron chi connectivity index (χ0n) is 14.5. The molecule has 8 heteroatoms. The number of carbonyl (C=O) groups excluding carboxylic acids is 1. The fraction of sp³-hybridized carbons (Fsp3) is 0.278. The third-order valence-corrected chi connectivity index (χ3v) is 3.79. The van der Waals surface area contributed by atoms with Gasteiger partial charge in [-0.15, -0.1) is 0 Å². The molecule has 2 rings (SSSR count). The quantitative estimate of drug-likeness (QED) is 0.523. The largest absolute Gasteiger partial charge is 0.497 e. The predicted molar refractivity (Wildman–Crippen MR) is 97.2 cm³/mol. The summed E-state index contributed by atoms with van der Waals surface area (Å²) in [7, 11) is 1.58. The Morgan fingerprint density at radius 1 is 1.27 bits per heavy atom. The highest BCUT2D eigenvalue weighted by atomic mass is 16.5. The van der Waals surface area contributed by atoms with Crippen LogP contribution in [0.25, 0.3) is 6.08 Å². The molecule has 26 heavy (non-hydrogen) atoms. The first-order valence-electron chi connectivity index (χ1n) is 7.98. The van der Waals surface area contributed by atoms with E-state index in [0.29, 0.717) is 12.1 Å². The number of rotatable bonds is 7. The molecule has 0 bridgehead atoms. The van der Waals surface area contributed by atoms with E-state index in [1.54, 1.807) is 26.2 Å². The number of carbonyl (C=O) groups is 1. The number of aliphatic hydroxyl groups is 1. The normalized spacial score (nSPS) is 12.1. The smallest absolute Gasteiger partial charge is 0.325 e. The van der Waals surface area contributed by atoms with Crippen LogP contribution in [0.4, 0.5) is 0 Å². The van der Waals surface area contributed by atoms with Crippen LogP contribution in [0.1, 0.15) is 16.8 Å². The molecule has 1 heterocycles. The molecule has 0 aliphatic heterocycles. The third-order valence-electron chi connectivity index (χ3n) is 3.79. The molecule has 2 aromatic rings. The number of hydrogen-bond acceptors (Lipinski definition) is 5. The highest BCUT2D eigenvalue weighted by Crippen LogP contribution is 2.12. The van der Waals surface area contributed by atoms with E-state index in [1.165, 1.54) is 12.2 Å². The van der Waals surface area contributed by atoms with Gasteiger partial charge in [-0.2, -0.15) is 0 Å². The number of H-pyrrole nitrogens is 2. The first-order valence-corrected chi connectivity index (χ1v) is 7.98. The molecule has 1 unspecified atom stereocenters. The van der Waals surface area contributed by atoms with Crippen molar-refractivity contribution in [2.75, 3.05) is 13.7 Å². The van der Waals surface area contributed by atoms with Gasteiger partial charge in [-0.05, 0) is 37.1 Å². The van der Waals surface area contributed by atoms with Crippen molar-refractivity contribution >= 4 is 12.0 Å². The van der Waals surface area contributed by atoms with Crippen LogP contribution in [0, 0.1) is 6.92 Å². The van der Waals surface area contributed by atoms with Crippen LogP contribution in [-0.4, -0.2) is 40.7 Å². The van der Waals surface area contributed by atoms with Gasteiger partial charge in [0.15, 0.2) is 0 Å². The van der Waals surface area contributed by atoms with Crippen LogP contribution < -0.4 is 21.3 Å². The van der Waals surface area contributed by atoms with Gasteiger partial charge < -0.3 is 20.1 Å². The molecule has 4 N–H and O–H groups in total. The average Bonchev–Trinajstić information content (AvgIpc) is 2.60. The topological polar surface area (TPSA) is 124 Å². The monoisotopic (exact) mass is 359 g/mol. The van der Waals surface area contributed by atoms with E-state index in [0.717, 1.165) is 11.3 Å². The van der Waals surface area contributed by atoms with Crippen molar-refractivity contribution in [3.8, 4) is 5.75 Å². The highest BCUT2D eigenvalue weighted by Gasteiger charge is 2.11. The molecular weight excluding hydrogens is 338 g/mol. The molecule has 1 aromatic heterocycles. The van der Waals surface area contributed by atoms with Crippen LogP contribution >= 0.6 is 0 Å². The summed E-state index contributed by atoms with van der Waals surface area (Å²) in [5.74, 6) is 0.269. The Balaban J connectivity index is 2.02. The number of benzene rings is 1. The van der Waals surface area contributed by atoms with Gasteiger partial charge in [-0.3, -0.25) is 14.6 Å². The van der Waals surface area contributed by atoms with Crippen LogP contribution in [0.2, 0.25) is 0 Å². The summed E-state index contributed by atoms with van der Waals surface area (Å²) in [5.41, 5.74) is 0.304. The minimum absolute atomic E-state index is 0.190. The second kappa shape index (κ2) is 8.82. The highest BCUT2D eigenvalue weighted by molar-refractivity contribution is 5.92. The van der Waals surface area contributed by atoms with Crippen LogP contribution in [0.3, 0.4) is 0 Å². The summed E-state index contributed by atoms with van der Waals surface area (Å²) >= 11 is 0. The molecule has 0 aliphatic rings. The zero-order valence-corrected chi connectivity index (χ0v) is 14.5. The molecule has 1 amide bonds. The Morgan fingerprint density at radius 3 is 2.54 bits per heavy atom. The number of aliphatic hydroxyl groups excluding tert-OH is 1. The van der Waals surface area contributed by atoms with Gasteiger partial charge in [0, 0.05) is 11.8 Å². The fourth-order valence-electron chi connectivity index (χ4n) is 2.43. The molecule has 0 saturated carbocycles. The fourth-order valence-corrected chi connectivity index (χ4v) is 2.43. The van der Waals surface area contributed by atoms with Crippen LogP contribution in [0.15, 0.2) is 39.9 Å². The van der Waals surface area contributed by atoms with Gasteiger partial charge >= 0.3 is 5.69 Å². The van der Waals surface area contributed by atoms with E-state index < -0.39 is 23.2 Å². The maximum atomic E-state index is 12.1. The number of methoxy groups -OCH3 is 1. The average molecular weight is 359 g/mol. The molecule has 1 aromatic carbocycles. The number of amides is 1. The van der Waals surface area contributed by atoms with Gasteiger partial charge in [-0.1, -0.05) is 12.1 Å². The lowest BCUT2D eigenvalue weighted by Gasteiger charge is -2.15. The Bertz CT molecular complexity index is 896. The third kappa shape index (κ3) is 5.18.